The molecule has 0 aromatic heterocycles. The molecule has 0 aromatic rings. The van der Waals surface area contributed by atoms with Crippen molar-refractivity contribution < 1.29 is 19.8 Å². The van der Waals surface area contributed by atoms with Crippen LogP contribution in [0.4, 0.5) is 0 Å². The maximum absolute atomic E-state index is 10.8. The van der Waals surface area contributed by atoms with Crippen LogP contribution in [0.3, 0.4) is 0 Å². The Balaban J connectivity index is 0. The molecule has 0 heterocycles. The molecule has 0 atom stereocenters. The largest absolute Gasteiger partial charge is 0.480 e. The normalized spacial score (nSPS) is 11.0. The molecular formula is C12H20O4S3. The number of thioether (sulfide) groups is 2. The molecule has 0 unspecified atom stereocenters. The first kappa shape index (κ1) is 20.8. The zero-order valence-electron chi connectivity index (χ0n) is 11.7. The molecule has 0 spiro atoms. The lowest BCUT2D eigenvalue weighted by molar-refractivity contribution is -0.139. The molecule has 110 valence electrons. The van der Waals surface area contributed by atoms with E-state index in [9.17, 15) is 9.59 Å². The second-order valence-corrected chi connectivity index (χ2v) is 8.94. The van der Waals surface area contributed by atoms with Gasteiger partial charge in [-0.1, -0.05) is 41.8 Å². The first-order valence-electron chi connectivity index (χ1n) is 5.36. The van der Waals surface area contributed by atoms with Crippen molar-refractivity contribution in [3.05, 3.63) is 12.7 Å². The van der Waals surface area contributed by atoms with Gasteiger partial charge in [0.15, 0.2) is 0 Å². The summed E-state index contributed by atoms with van der Waals surface area (Å²) in [5.74, 6) is -1.96. The topological polar surface area (TPSA) is 74.6 Å². The van der Waals surface area contributed by atoms with E-state index in [1.807, 2.05) is 6.92 Å². The Morgan fingerprint density at radius 3 is 1.42 bits per heavy atom. The van der Waals surface area contributed by atoms with E-state index in [4.69, 9.17) is 22.4 Å². The molecule has 7 heteroatoms. The zero-order valence-corrected chi connectivity index (χ0v) is 14.2. The van der Waals surface area contributed by atoms with Crippen LogP contribution in [0.25, 0.3) is 0 Å². The van der Waals surface area contributed by atoms with Crippen LogP contribution in [0.1, 0.15) is 34.6 Å². The van der Waals surface area contributed by atoms with Crippen molar-refractivity contribution in [2.45, 2.75) is 44.1 Å². The SMILES string of the molecule is C=CC.CC(C)(SC(=S)SC(C)(C)C(=O)O)C(=O)O. The van der Waals surface area contributed by atoms with Crippen LogP contribution < -0.4 is 0 Å². The minimum absolute atomic E-state index is 0.319. The molecule has 0 aliphatic rings. The summed E-state index contributed by atoms with van der Waals surface area (Å²) in [6, 6.07) is 0. The van der Waals surface area contributed by atoms with Gasteiger partial charge in [0.2, 0.25) is 0 Å². The number of thiocarbonyl (C=S) groups is 1. The highest BCUT2D eigenvalue weighted by atomic mass is 32.2. The minimum atomic E-state index is -1.04. The van der Waals surface area contributed by atoms with Crippen LogP contribution in [0.15, 0.2) is 12.7 Å². The molecule has 0 bridgehead atoms. The van der Waals surface area contributed by atoms with Crippen LogP contribution in [-0.2, 0) is 9.59 Å². The first-order valence-corrected chi connectivity index (χ1v) is 7.40. The summed E-state index contributed by atoms with van der Waals surface area (Å²) < 4.78 is -1.77. The molecule has 0 aromatic carbocycles. The molecule has 0 aliphatic heterocycles. The molecule has 4 nitrogen and oxygen atoms in total. The van der Waals surface area contributed by atoms with Gasteiger partial charge >= 0.3 is 11.9 Å². The average Bonchev–Trinajstić information content (AvgIpc) is 2.15. The van der Waals surface area contributed by atoms with Gasteiger partial charge in [0, 0.05) is 0 Å². The third kappa shape index (κ3) is 9.07. The quantitative estimate of drug-likeness (QED) is 0.604. The Labute approximate surface area is 128 Å². The molecule has 0 aliphatic carbocycles. The van der Waals surface area contributed by atoms with E-state index in [1.54, 1.807) is 6.08 Å². The summed E-state index contributed by atoms with van der Waals surface area (Å²) in [7, 11) is 0. The number of carboxylic acid groups (broad SMARTS) is 2. The Bertz CT molecular complexity index is 332. The molecule has 0 saturated heterocycles. The highest BCUT2D eigenvalue weighted by molar-refractivity contribution is 8.48. The number of carboxylic acids is 2. The second-order valence-electron chi connectivity index (χ2n) is 4.49. The molecule has 0 saturated carbocycles. The fourth-order valence-corrected chi connectivity index (χ4v) is 4.20. The van der Waals surface area contributed by atoms with Gasteiger partial charge in [0.25, 0.3) is 0 Å². The molecule has 0 radical (unpaired) electrons. The van der Waals surface area contributed by atoms with Gasteiger partial charge in [-0.25, -0.2) is 0 Å². The lowest BCUT2D eigenvalue weighted by atomic mass is 10.2. The molecule has 2 N–H and O–H groups in total. The number of hydrogen-bond acceptors (Lipinski definition) is 5. The molecule has 0 amide bonds. The predicted molar refractivity (Wildman–Crippen MR) is 87.1 cm³/mol. The molecule has 0 rings (SSSR count). The van der Waals surface area contributed by atoms with Gasteiger partial charge in [-0.05, 0) is 34.6 Å². The monoisotopic (exact) mass is 324 g/mol. The average molecular weight is 324 g/mol. The Morgan fingerprint density at radius 2 is 1.26 bits per heavy atom. The van der Waals surface area contributed by atoms with E-state index in [0.29, 0.717) is 3.53 Å². The van der Waals surface area contributed by atoms with E-state index >= 15 is 0 Å². The van der Waals surface area contributed by atoms with Crippen molar-refractivity contribution in [1.82, 2.24) is 0 Å². The second kappa shape index (κ2) is 8.60. The molecule has 19 heavy (non-hydrogen) atoms. The fraction of sp³-hybridized carbons (Fsp3) is 0.583. The first-order chi connectivity index (χ1) is 8.40. The number of allylic oxidation sites excluding steroid dienone is 1. The summed E-state index contributed by atoms with van der Waals surface area (Å²) >= 11 is 6.96. The summed E-state index contributed by atoms with van der Waals surface area (Å²) in [5.41, 5.74) is 0. The number of aliphatic carboxylic acids is 2. The van der Waals surface area contributed by atoms with Gasteiger partial charge in [-0.3, -0.25) is 9.59 Å². The minimum Gasteiger partial charge on any atom is -0.480 e. The van der Waals surface area contributed by atoms with Gasteiger partial charge in [-0.15, -0.1) is 6.58 Å². The van der Waals surface area contributed by atoms with Gasteiger partial charge in [0.1, 0.15) is 13.0 Å². The number of rotatable bonds is 4. The van der Waals surface area contributed by atoms with Crippen LogP contribution >= 0.6 is 35.7 Å². The van der Waals surface area contributed by atoms with Crippen molar-refractivity contribution in [3.8, 4) is 0 Å². The number of hydrogen-bond donors (Lipinski definition) is 2. The van der Waals surface area contributed by atoms with Crippen LogP contribution in [-0.4, -0.2) is 35.2 Å². The fourth-order valence-electron chi connectivity index (χ4n) is 0.525. The van der Waals surface area contributed by atoms with Crippen LogP contribution in [0.2, 0.25) is 0 Å². The van der Waals surface area contributed by atoms with E-state index in [1.165, 1.54) is 27.7 Å². The van der Waals surface area contributed by atoms with Crippen molar-refractivity contribution >= 4 is 51.2 Å². The summed E-state index contributed by atoms with van der Waals surface area (Å²) in [4.78, 5) is 21.7. The lowest BCUT2D eigenvalue weighted by Crippen LogP contribution is -2.31. The van der Waals surface area contributed by atoms with Crippen molar-refractivity contribution in [3.63, 3.8) is 0 Å². The Hall–Kier alpha value is -0.530. The summed E-state index contributed by atoms with van der Waals surface area (Å²) in [6.07, 6.45) is 1.75. The number of carbonyl (C=O) groups is 2. The van der Waals surface area contributed by atoms with E-state index < -0.39 is 21.4 Å². The van der Waals surface area contributed by atoms with E-state index in [0.717, 1.165) is 23.5 Å². The smallest absolute Gasteiger partial charge is 0.319 e. The van der Waals surface area contributed by atoms with Crippen molar-refractivity contribution in [2.75, 3.05) is 0 Å². The maximum Gasteiger partial charge on any atom is 0.319 e. The Kier molecular flexibility index (Phi) is 9.41. The van der Waals surface area contributed by atoms with E-state index in [-0.39, 0.29) is 0 Å². The predicted octanol–water partition coefficient (Wildman–Crippen LogP) is 3.66. The Morgan fingerprint density at radius 1 is 1.05 bits per heavy atom. The molecule has 0 fully saturated rings. The maximum atomic E-state index is 10.8. The zero-order chi connectivity index (χ0) is 15.9. The summed E-state index contributed by atoms with van der Waals surface area (Å²) in [6.45, 7) is 11.4. The van der Waals surface area contributed by atoms with Gasteiger partial charge in [-0.2, -0.15) is 0 Å². The van der Waals surface area contributed by atoms with Crippen LogP contribution in [0, 0.1) is 0 Å². The van der Waals surface area contributed by atoms with Crippen LogP contribution in [0.5, 0.6) is 0 Å². The van der Waals surface area contributed by atoms with E-state index in [2.05, 4.69) is 6.58 Å². The molecular weight excluding hydrogens is 304 g/mol. The summed E-state index contributed by atoms with van der Waals surface area (Å²) in [5, 5.41) is 17.8. The highest BCUT2D eigenvalue weighted by Gasteiger charge is 2.34. The van der Waals surface area contributed by atoms with Gasteiger partial charge in [0.05, 0.1) is 0 Å². The third-order valence-corrected chi connectivity index (χ3v) is 4.41. The van der Waals surface area contributed by atoms with Crippen molar-refractivity contribution in [2.24, 2.45) is 0 Å². The highest BCUT2D eigenvalue weighted by Crippen LogP contribution is 2.36. The van der Waals surface area contributed by atoms with Gasteiger partial charge < -0.3 is 10.2 Å². The van der Waals surface area contributed by atoms with Crippen molar-refractivity contribution in [1.29, 1.82) is 0 Å². The third-order valence-electron chi connectivity index (χ3n) is 1.71. The lowest BCUT2D eigenvalue weighted by Gasteiger charge is -2.22. The standard InChI is InChI=1S/C9H14O4S3.C3H6/c1-8(2,5(10)11)15-7(14)16-9(3,4)6(12)13;1-3-2/h1-4H3,(H,10,11)(H,12,13);3H,1H2,2H3.